The Labute approximate surface area is 268 Å². The van der Waals surface area contributed by atoms with Gasteiger partial charge in [0.25, 0.3) is 0 Å². The molecule has 0 saturated carbocycles. The molecular formula is C22H8F23IO3S. The van der Waals surface area contributed by atoms with Crippen molar-refractivity contribution in [2.24, 2.45) is 0 Å². The van der Waals surface area contributed by atoms with Crippen LogP contribution >= 0.6 is 20.2 Å². The first-order chi connectivity index (χ1) is 21.8. The van der Waals surface area contributed by atoms with E-state index in [9.17, 15) is 109 Å². The van der Waals surface area contributed by atoms with Crippen LogP contribution in [-0.2, 0) is 25.0 Å². The van der Waals surface area contributed by atoms with Crippen molar-refractivity contribution in [3.05, 3.63) is 66.8 Å². The molecule has 288 valence electrons. The second-order valence-corrected chi connectivity index (χ2v) is 15.8. The van der Waals surface area contributed by atoms with E-state index in [2.05, 4.69) is 2.51 Å². The van der Waals surface area contributed by atoms with Crippen molar-refractivity contribution in [3.63, 3.8) is 0 Å². The Morgan fingerprint density at radius 3 is 0.920 bits per heavy atom. The summed E-state index contributed by atoms with van der Waals surface area (Å²) in [7, 11) is -8.20. The van der Waals surface area contributed by atoms with Gasteiger partial charge in [0.15, 0.2) is 0 Å². The fourth-order valence-electron chi connectivity index (χ4n) is 3.13. The molecule has 0 aliphatic rings. The summed E-state index contributed by atoms with van der Waals surface area (Å²) in [5, 5.41) is -8.13. The molecule has 0 aliphatic carbocycles. The Balaban J connectivity index is 2.76. The maximum atomic E-state index is 14.6. The van der Waals surface area contributed by atoms with Crippen LogP contribution in [0, 0.1) is 7.14 Å². The summed E-state index contributed by atoms with van der Waals surface area (Å²) in [6, 6.07) is 0.403. The number of rotatable bonds is 11. The van der Waals surface area contributed by atoms with E-state index in [1.807, 2.05) is 0 Å². The van der Waals surface area contributed by atoms with Crippen LogP contribution in [0.1, 0.15) is 11.1 Å². The van der Waals surface area contributed by atoms with Crippen LogP contribution in [0.2, 0.25) is 0 Å². The SMILES string of the molecule is O=S(=O)(OI(c1ccc(C(F)(F)F)cc1)c1ccc(C(F)(F)F)cc1)C(F)(F)C(F)(F)C(F)(F)C(F)(F)C(F)(F)C(F)(F)C(F)(F)C(F)(F)F. The zero-order valence-corrected chi connectivity index (χ0v) is 25.3. The van der Waals surface area contributed by atoms with Crippen molar-refractivity contribution in [2.75, 3.05) is 0 Å². The molecule has 0 radical (unpaired) electrons. The van der Waals surface area contributed by atoms with E-state index < -0.39 is 108 Å². The molecule has 0 bridgehead atoms. The van der Waals surface area contributed by atoms with Gasteiger partial charge in [0.05, 0.1) is 0 Å². The monoisotopic (exact) mass is 916 g/mol. The summed E-state index contributed by atoms with van der Waals surface area (Å²) in [5.74, 6) is -53.4. The molecule has 2 rings (SSSR count). The quantitative estimate of drug-likeness (QED) is 0.167. The molecule has 2 aromatic rings. The summed E-state index contributed by atoms with van der Waals surface area (Å²) >= 11 is -5.40. The van der Waals surface area contributed by atoms with Crippen LogP contribution in [0.4, 0.5) is 101 Å². The van der Waals surface area contributed by atoms with E-state index in [4.69, 9.17) is 0 Å². The van der Waals surface area contributed by atoms with Gasteiger partial charge in [-0.3, -0.25) is 0 Å². The number of halogens is 24. The first-order valence-electron chi connectivity index (χ1n) is 11.5. The van der Waals surface area contributed by atoms with Crippen LogP contribution < -0.4 is 0 Å². The van der Waals surface area contributed by atoms with Gasteiger partial charge in [-0.05, 0) is 0 Å². The van der Waals surface area contributed by atoms with Crippen molar-refractivity contribution in [1.29, 1.82) is 0 Å². The molecule has 3 nitrogen and oxygen atoms in total. The molecule has 0 unspecified atom stereocenters. The van der Waals surface area contributed by atoms with Gasteiger partial charge < -0.3 is 0 Å². The topological polar surface area (TPSA) is 43.4 Å². The predicted molar refractivity (Wildman–Crippen MR) is 125 cm³/mol. The standard InChI is InChI=1S/C22H8F23IO3S/c23-13(24,25)9-1-5-11(6-2-9)46(12-7-3-10(4-8-12)14(26,27)28)49-50(47,48)22(44,45)20(39,40)18(35,36)16(31,32)15(29,30)17(33,34)19(37,38)21(41,42)43/h1-8H. The Kier molecular flexibility index (Phi) is 11.0. The fourth-order valence-corrected chi connectivity index (χ4v) is 10.1. The minimum atomic E-state index is -9.14. The molecule has 0 amide bonds. The third-order valence-electron chi connectivity index (χ3n) is 5.89. The molecular weight excluding hydrogens is 908 g/mol. The van der Waals surface area contributed by atoms with Gasteiger partial charge in [0, 0.05) is 0 Å². The summed E-state index contributed by atoms with van der Waals surface area (Å²) < 4.78 is 335. The van der Waals surface area contributed by atoms with Gasteiger partial charge in [0.2, 0.25) is 0 Å². The van der Waals surface area contributed by atoms with Gasteiger partial charge in [0.1, 0.15) is 0 Å². The summed E-state index contributed by atoms with van der Waals surface area (Å²) in [5.41, 5.74) is -3.28. The van der Waals surface area contributed by atoms with Gasteiger partial charge in [-0.2, -0.15) is 0 Å². The third-order valence-corrected chi connectivity index (χ3v) is 13.3. The molecule has 0 heterocycles. The number of hydrogen-bond donors (Lipinski definition) is 0. The van der Waals surface area contributed by atoms with Gasteiger partial charge >= 0.3 is 268 Å². The van der Waals surface area contributed by atoms with E-state index in [1.54, 1.807) is 0 Å². The van der Waals surface area contributed by atoms with E-state index in [-0.39, 0.29) is 48.5 Å². The Morgan fingerprint density at radius 2 is 0.660 bits per heavy atom. The van der Waals surface area contributed by atoms with Crippen LogP contribution in [0.3, 0.4) is 0 Å². The Bertz CT molecular complexity index is 1570. The molecule has 50 heavy (non-hydrogen) atoms. The summed E-state index contributed by atoms with van der Waals surface area (Å²) in [6.45, 7) is 0. The second kappa shape index (κ2) is 12.6. The van der Waals surface area contributed by atoms with E-state index in [1.165, 1.54) is 0 Å². The van der Waals surface area contributed by atoms with Crippen LogP contribution in [0.5, 0.6) is 0 Å². The molecule has 0 aliphatic heterocycles. The van der Waals surface area contributed by atoms with Gasteiger partial charge in [-0.25, -0.2) is 0 Å². The molecule has 0 N–H and O–H groups in total. The average molecular weight is 916 g/mol. The zero-order chi connectivity index (χ0) is 39.8. The van der Waals surface area contributed by atoms with Gasteiger partial charge in [-0.15, -0.1) is 0 Å². The molecule has 28 heteroatoms. The summed E-state index contributed by atoms with van der Waals surface area (Å²) in [4.78, 5) is 0. The molecule has 0 aromatic heterocycles. The molecule has 0 fully saturated rings. The van der Waals surface area contributed by atoms with Crippen molar-refractivity contribution in [2.45, 2.75) is 59.3 Å². The van der Waals surface area contributed by atoms with Crippen molar-refractivity contribution >= 4 is 30.4 Å². The number of alkyl halides is 23. The van der Waals surface area contributed by atoms with Crippen molar-refractivity contribution in [1.82, 2.24) is 0 Å². The zero-order valence-electron chi connectivity index (χ0n) is 22.3. The van der Waals surface area contributed by atoms with Crippen LogP contribution in [-0.4, -0.2) is 55.4 Å². The maximum absolute atomic E-state index is 14.6. The van der Waals surface area contributed by atoms with E-state index in [0.29, 0.717) is 0 Å². The third kappa shape index (κ3) is 6.86. The first-order valence-corrected chi connectivity index (χ1v) is 15.9. The van der Waals surface area contributed by atoms with Crippen molar-refractivity contribution in [3.8, 4) is 0 Å². The fraction of sp³-hybridized carbons (Fsp3) is 0.455. The van der Waals surface area contributed by atoms with Crippen molar-refractivity contribution < 1.29 is 112 Å². The second-order valence-electron chi connectivity index (χ2n) is 9.24. The normalized spacial score (nSPS) is 15.7. The van der Waals surface area contributed by atoms with Gasteiger partial charge in [-0.1, -0.05) is 0 Å². The minimum absolute atomic E-state index is 0.0136. The first kappa shape index (κ1) is 43.6. The van der Waals surface area contributed by atoms with Crippen LogP contribution in [0.15, 0.2) is 48.5 Å². The van der Waals surface area contributed by atoms with E-state index in [0.717, 1.165) is 0 Å². The summed E-state index contributed by atoms with van der Waals surface area (Å²) in [6.07, 6.45) is -18.5. The molecule has 0 spiro atoms. The van der Waals surface area contributed by atoms with Crippen LogP contribution in [0.25, 0.3) is 0 Å². The molecule has 0 atom stereocenters. The Morgan fingerprint density at radius 1 is 0.400 bits per heavy atom. The molecule has 0 saturated heterocycles. The predicted octanol–water partition coefficient (Wildman–Crippen LogP) is 10.5. The molecule has 2 aromatic carbocycles. The number of hydrogen-bond acceptors (Lipinski definition) is 3. The Hall–Kier alpha value is -2.53. The van der Waals surface area contributed by atoms with E-state index >= 15 is 0 Å². The number of benzene rings is 2. The average Bonchev–Trinajstić information content (AvgIpc) is 2.93.